The largest absolute Gasteiger partial charge is 0.463 e. The molecule has 2 amide bonds. The van der Waals surface area contributed by atoms with E-state index in [0.29, 0.717) is 43.0 Å². The Morgan fingerprint density at radius 3 is 2.45 bits per heavy atom. The van der Waals surface area contributed by atoms with Crippen LogP contribution in [0, 0.1) is 13.8 Å². The Morgan fingerprint density at radius 1 is 1.23 bits per heavy atom. The number of nitrogens with one attached hydrogen (secondary N) is 2. The summed E-state index contributed by atoms with van der Waals surface area (Å²) in [6.07, 6.45) is 0.550. The molecule has 3 heterocycles. The minimum absolute atomic E-state index is 0.115. The van der Waals surface area contributed by atoms with E-state index in [0.717, 1.165) is 0 Å². The number of piperazine rings is 1. The molecule has 12 heteroatoms. The first-order chi connectivity index (χ1) is 14.7. The van der Waals surface area contributed by atoms with Gasteiger partial charge in [0, 0.05) is 38.4 Å². The van der Waals surface area contributed by atoms with Gasteiger partial charge in [0.1, 0.15) is 10.6 Å². The molecule has 2 aliphatic heterocycles. The van der Waals surface area contributed by atoms with Gasteiger partial charge in [-0.1, -0.05) is 12.1 Å². The second-order valence-corrected chi connectivity index (χ2v) is 9.38. The van der Waals surface area contributed by atoms with Crippen molar-refractivity contribution in [3.63, 3.8) is 0 Å². The fraction of sp³-hybridized carbons (Fsp3) is 0.632. The van der Waals surface area contributed by atoms with Crippen LogP contribution < -0.4 is 10.6 Å². The number of ether oxygens (including phenoxy) is 1. The zero-order valence-electron chi connectivity index (χ0n) is 18.2. The van der Waals surface area contributed by atoms with Crippen molar-refractivity contribution in [1.82, 2.24) is 25.0 Å². The van der Waals surface area contributed by atoms with Gasteiger partial charge in [0.25, 0.3) is 0 Å². The number of nitrogens with zero attached hydrogens (tertiary/aromatic N) is 3. The highest BCUT2D eigenvalue weighted by Crippen LogP contribution is 2.25. The Kier molecular flexibility index (Phi) is 7.02. The molecule has 0 bridgehead atoms. The number of hydrogen-bond acceptors (Lipinski definition) is 8. The van der Waals surface area contributed by atoms with Crippen molar-refractivity contribution in [3.05, 3.63) is 22.7 Å². The third-order valence-corrected chi connectivity index (χ3v) is 7.57. The zero-order chi connectivity index (χ0) is 22.8. The summed E-state index contributed by atoms with van der Waals surface area (Å²) in [6.45, 7) is 8.79. The van der Waals surface area contributed by atoms with Gasteiger partial charge in [0.05, 0.1) is 18.2 Å². The van der Waals surface area contributed by atoms with Gasteiger partial charge in [0.2, 0.25) is 10.0 Å². The molecule has 0 spiro atoms. The molecule has 0 aliphatic carbocycles. The molecule has 1 fully saturated rings. The van der Waals surface area contributed by atoms with Crippen LogP contribution in [0.3, 0.4) is 0 Å². The number of rotatable bonds is 7. The third kappa shape index (κ3) is 4.75. The lowest BCUT2D eigenvalue weighted by Gasteiger charge is -2.36. The molecular weight excluding hydrogens is 426 g/mol. The van der Waals surface area contributed by atoms with E-state index in [-0.39, 0.29) is 36.4 Å². The van der Waals surface area contributed by atoms with E-state index in [9.17, 15) is 18.0 Å². The molecule has 11 nitrogen and oxygen atoms in total. The lowest BCUT2D eigenvalue weighted by atomic mass is 10.00. The van der Waals surface area contributed by atoms with Crippen LogP contribution in [0.4, 0.5) is 4.79 Å². The smallest absolute Gasteiger partial charge is 0.337 e. The molecule has 172 valence electrons. The molecular formula is C19H29N5O6S. The van der Waals surface area contributed by atoms with Crippen LogP contribution in [-0.2, 0) is 19.6 Å². The summed E-state index contributed by atoms with van der Waals surface area (Å²) in [5.41, 5.74) is 1.25. The van der Waals surface area contributed by atoms with E-state index in [2.05, 4.69) is 15.8 Å². The van der Waals surface area contributed by atoms with Crippen molar-refractivity contribution in [2.24, 2.45) is 0 Å². The molecule has 0 aromatic carbocycles. The molecule has 1 aromatic rings. The zero-order valence-corrected chi connectivity index (χ0v) is 19.0. The van der Waals surface area contributed by atoms with Crippen molar-refractivity contribution in [1.29, 1.82) is 0 Å². The fourth-order valence-corrected chi connectivity index (χ4v) is 5.62. The average molecular weight is 456 g/mol. The van der Waals surface area contributed by atoms with Gasteiger partial charge in [-0.05, 0) is 27.2 Å². The maximum absolute atomic E-state index is 13.0. The van der Waals surface area contributed by atoms with Gasteiger partial charge < -0.3 is 19.9 Å². The van der Waals surface area contributed by atoms with E-state index in [4.69, 9.17) is 9.26 Å². The summed E-state index contributed by atoms with van der Waals surface area (Å²) < 4.78 is 37.6. The Bertz CT molecular complexity index is 958. The van der Waals surface area contributed by atoms with E-state index < -0.39 is 22.0 Å². The molecule has 0 radical (unpaired) electrons. The molecule has 2 aliphatic rings. The normalized spacial score (nSPS) is 21.0. The highest BCUT2D eigenvalue weighted by Gasteiger charge is 2.35. The topological polar surface area (TPSA) is 134 Å². The van der Waals surface area contributed by atoms with Crippen molar-refractivity contribution < 1.29 is 27.3 Å². The van der Waals surface area contributed by atoms with Gasteiger partial charge >= 0.3 is 12.0 Å². The maximum atomic E-state index is 13.0. The summed E-state index contributed by atoms with van der Waals surface area (Å²) in [5.74, 6) is -0.191. The number of esters is 1. The third-order valence-electron chi connectivity index (χ3n) is 5.43. The van der Waals surface area contributed by atoms with Crippen LogP contribution in [-0.4, -0.2) is 80.2 Å². The molecule has 0 unspecified atom stereocenters. The molecule has 1 atom stereocenters. The Labute approximate surface area is 181 Å². The van der Waals surface area contributed by atoms with Crippen LogP contribution in [0.5, 0.6) is 0 Å². The van der Waals surface area contributed by atoms with Crippen LogP contribution in [0.2, 0.25) is 0 Å². The lowest BCUT2D eigenvalue weighted by Crippen LogP contribution is -2.54. The van der Waals surface area contributed by atoms with E-state index >= 15 is 0 Å². The minimum atomic E-state index is -3.71. The predicted octanol–water partition coefficient (Wildman–Crippen LogP) is 0.506. The first kappa shape index (κ1) is 23.2. The van der Waals surface area contributed by atoms with Gasteiger partial charge in [-0.15, -0.1) is 0 Å². The number of amides is 2. The van der Waals surface area contributed by atoms with Crippen molar-refractivity contribution in [2.75, 3.05) is 39.3 Å². The lowest BCUT2D eigenvalue weighted by molar-refractivity contribution is -0.139. The standard InChI is InChI=1S/C19H29N5O6S/c1-5-14-16(18(25)29-6-2)15(21-19(26)20-14)11-23-7-9-24(10-8-23)31(27,28)17-12(3)22-30-13(17)4/h14H,5-11H2,1-4H3,(H2,20,21,26)/t14-/m1/s1. The van der Waals surface area contributed by atoms with Gasteiger partial charge in [0.15, 0.2) is 5.76 Å². The van der Waals surface area contributed by atoms with E-state index in [1.54, 1.807) is 20.8 Å². The minimum Gasteiger partial charge on any atom is -0.463 e. The predicted molar refractivity (Wildman–Crippen MR) is 111 cm³/mol. The molecule has 0 saturated carbocycles. The van der Waals surface area contributed by atoms with Crippen LogP contribution in [0.1, 0.15) is 31.7 Å². The highest BCUT2D eigenvalue weighted by molar-refractivity contribution is 7.89. The average Bonchev–Trinajstić information content (AvgIpc) is 3.06. The van der Waals surface area contributed by atoms with Gasteiger partial charge in [-0.25, -0.2) is 18.0 Å². The molecule has 1 aromatic heterocycles. The van der Waals surface area contributed by atoms with Crippen LogP contribution in [0.25, 0.3) is 0 Å². The van der Waals surface area contributed by atoms with Crippen LogP contribution >= 0.6 is 0 Å². The van der Waals surface area contributed by atoms with Gasteiger partial charge in [-0.3, -0.25) is 4.90 Å². The SMILES string of the molecule is CCOC(=O)C1=C(CN2CCN(S(=O)(=O)c3c(C)noc3C)CC2)NC(=O)N[C@@H]1CC. The number of urea groups is 1. The first-order valence-corrected chi connectivity index (χ1v) is 11.8. The fourth-order valence-electron chi connectivity index (χ4n) is 3.91. The summed E-state index contributed by atoms with van der Waals surface area (Å²) in [6, 6.07) is -0.793. The van der Waals surface area contributed by atoms with Crippen LogP contribution in [0.15, 0.2) is 20.7 Å². The number of aryl methyl sites for hydroxylation is 2. The summed E-state index contributed by atoms with van der Waals surface area (Å²) in [5, 5.41) is 9.22. The molecule has 1 saturated heterocycles. The second kappa shape index (κ2) is 9.37. The first-order valence-electron chi connectivity index (χ1n) is 10.3. The Morgan fingerprint density at radius 2 is 1.90 bits per heavy atom. The van der Waals surface area contributed by atoms with E-state index in [1.807, 2.05) is 11.8 Å². The quantitative estimate of drug-likeness (QED) is 0.568. The van der Waals surface area contributed by atoms with Crippen molar-refractivity contribution in [2.45, 2.75) is 45.1 Å². The van der Waals surface area contributed by atoms with Crippen molar-refractivity contribution >= 4 is 22.0 Å². The number of sulfonamides is 1. The highest BCUT2D eigenvalue weighted by atomic mass is 32.2. The summed E-state index contributed by atoms with van der Waals surface area (Å²) >= 11 is 0. The molecule has 31 heavy (non-hydrogen) atoms. The number of carbonyl (C=O) groups excluding carboxylic acids is 2. The van der Waals surface area contributed by atoms with Crippen molar-refractivity contribution in [3.8, 4) is 0 Å². The summed E-state index contributed by atoms with van der Waals surface area (Å²) in [7, 11) is -3.71. The Hall–Kier alpha value is -2.44. The maximum Gasteiger partial charge on any atom is 0.337 e. The number of aromatic nitrogens is 1. The monoisotopic (exact) mass is 455 g/mol. The molecule has 2 N–H and O–H groups in total. The Balaban J connectivity index is 1.74. The van der Waals surface area contributed by atoms with Gasteiger partial charge in [-0.2, -0.15) is 4.31 Å². The number of hydrogen-bond donors (Lipinski definition) is 2. The number of carbonyl (C=O) groups is 2. The summed E-state index contributed by atoms with van der Waals surface area (Å²) in [4.78, 5) is 26.7. The molecule has 3 rings (SSSR count). The van der Waals surface area contributed by atoms with E-state index in [1.165, 1.54) is 4.31 Å². The second-order valence-electron chi connectivity index (χ2n) is 7.51.